The van der Waals surface area contributed by atoms with Gasteiger partial charge in [0, 0.05) is 23.2 Å². The lowest BCUT2D eigenvalue weighted by Gasteiger charge is -2.33. The number of pyridine rings is 1. The molecule has 4 rings (SSSR count). The van der Waals surface area contributed by atoms with E-state index in [4.69, 9.17) is 0 Å². The Labute approximate surface area is 221 Å². The van der Waals surface area contributed by atoms with Gasteiger partial charge in [0.2, 0.25) is 0 Å². The third kappa shape index (κ3) is 7.73. The monoisotopic (exact) mass is 528 g/mol. The van der Waals surface area contributed by atoms with Crippen LogP contribution >= 0.6 is 0 Å². The molecular formula is C28H35F3N6O. The number of nitrogens with one attached hydrogen (secondary N) is 2. The number of aromatic nitrogens is 2. The number of hydrogen-bond donors (Lipinski definition) is 3. The number of rotatable bonds is 7. The fourth-order valence-corrected chi connectivity index (χ4v) is 4.68. The molecule has 204 valence electrons. The van der Waals surface area contributed by atoms with Gasteiger partial charge in [-0.25, -0.2) is 0 Å². The van der Waals surface area contributed by atoms with Gasteiger partial charge >= 0.3 is 6.18 Å². The number of fused-ring (bicyclic) bond motifs is 1. The third-order valence-electron chi connectivity index (χ3n) is 6.57. The van der Waals surface area contributed by atoms with Crippen molar-refractivity contribution in [1.82, 2.24) is 14.5 Å². The van der Waals surface area contributed by atoms with Gasteiger partial charge in [-0.15, -0.1) is 0 Å². The zero-order valence-corrected chi connectivity index (χ0v) is 22.0. The standard InChI is InChI=1S/C27H30F3N5O.CH5N/c1-34(2)22-12-10-19(11-13-22)33-25-6-3-7-26-24(25)15-23(35(26)18-27(28,29)30)5-4-14-31-20-8-9-21(17-36)32-16-20;1-2/h3,6-9,15-17,19,22,31,33H,10-14,18H2,1-2H3;2H2,1H3. The van der Waals surface area contributed by atoms with Gasteiger partial charge in [-0.1, -0.05) is 12.0 Å². The van der Waals surface area contributed by atoms with Gasteiger partial charge in [0.1, 0.15) is 12.2 Å². The van der Waals surface area contributed by atoms with Crippen molar-refractivity contribution in [2.45, 2.75) is 50.5 Å². The first-order valence-electron chi connectivity index (χ1n) is 12.6. The lowest BCUT2D eigenvalue weighted by Crippen LogP contribution is -2.36. The predicted octanol–water partition coefficient (Wildman–Crippen LogP) is 4.73. The van der Waals surface area contributed by atoms with E-state index in [0.29, 0.717) is 34.9 Å². The van der Waals surface area contributed by atoms with Crippen LogP contribution < -0.4 is 16.4 Å². The van der Waals surface area contributed by atoms with Crippen molar-refractivity contribution < 1.29 is 18.0 Å². The number of halogens is 3. The van der Waals surface area contributed by atoms with Gasteiger partial charge in [-0.05, 0) is 83.1 Å². The third-order valence-corrected chi connectivity index (χ3v) is 6.57. The number of nitrogens with zero attached hydrogens (tertiary/aromatic N) is 3. The molecule has 4 N–H and O–H groups in total. The molecule has 10 heteroatoms. The van der Waals surface area contributed by atoms with Crippen molar-refractivity contribution in [2.24, 2.45) is 5.73 Å². The number of nitrogens with two attached hydrogens (primary N) is 1. The summed E-state index contributed by atoms with van der Waals surface area (Å²) in [5, 5.41) is 7.36. The van der Waals surface area contributed by atoms with Crippen LogP contribution in [-0.2, 0) is 6.54 Å². The Kier molecular flexibility index (Phi) is 10.2. The lowest BCUT2D eigenvalue weighted by atomic mass is 9.90. The summed E-state index contributed by atoms with van der Waals surface area (Å²) in [7, 11) is 5.70. The van der Waals surface area contributed by atoms with Crippen LogP contribution in [0.1, 0.15) is 41.9 Å². The van der Waals surface area contributed by atoms with Gasteiger partial charge in [-0.3, -0.25) is 9.78 Å². The van der Waals surface area contributed by atoms with E-state index in [1.54, 1.807) is 30.3 Å². The first-order chi connectivity index (χ1) is 18.2. The van der Waals surface area contributed by atoms with E-state index in [1.165, 1.54) is 17.8 Å². The molecule has 0 saturated heterocycles. The quantitative estimate of drug-likeness (QED) is 0.304. The van der Waals surface area contributed by atoms with Crippen LogP contribution in [0.15, 0.2) is 42.6 Å². The highest BCUT2D eigenvalue weighted by molar-refractivity contribution is 5.94. The summed E-state index contributed by atoms with van der Waals surface area (Å²) in [5.74, 6) is 5.82. The summed E-state index contributed by atoms with van der Waals surface area (Å²) >= 11 is 0. The molecule has 0 unspecified atom stereocenters. The highest BCUT2D eigenvalue weighted by Gasteiger charge is 2.30. The second-order valence-corrected chi connectivity index (χ2v) is 9.33. The highest BCUT2D eigenvalue weighted by Crippen LogP contribution is 2.32. The number of carbonyl (C=O) groups excluding carboxylic acids is 1. The molecule has 1 aliphatic carbocycles. The molecular weight excluding hydrogens is 493 g/mol. The van der Waals surface area contributed by atoms with Crippen molar-refractivity contribution in [1.29, 1.82) is 0 Å². The Balaban J connectivity index is 0.00000195. The first kappa shape index (κ1) is 29.0. The van der Waals surface area contributed by atoms with Crippen LogP contribution in [0.25, 0.3) is 10.9 Å². The number of alkyl halides is 3. The van der Waals surface area contributed by atoms with Gasteiger partial charge in [0.05, 0.1) is 29.6 Å². The first-order valence-corrected chi connectivity index (χ1v) is 12.6. The van der Waals surface area contributed by atoms with Crippen LogP contribution in [0.3, 0.4) is 0 Å². The van der Waals surface area contributed by atoms with Crippen molar-refractivity contribution in [3.05, 3.63) is 54.0 Å². The Bertz CT molecular complexity index is 1250. The number of hydrogen-bond acceptors (Lipinski definition) is 6. The van der Waals surface area contributed by atoms with E-state index in [9.17, 15) is 18.0 Å². The van der Waals surface area contributed by atoms with Crippen LogP contribution in [0.4, 0.5) is 24.5 Å². The van der Waals surface area contributed by atoms with Crippen molar-refractivity contribution in [3.8, 4) is 11.8 Å². The van der Waals surface area contributed by atoms with Gasteiger partial charge < -0.3 is 25.8 Å². The zero-order valence-electron chi connectivity index (χ0n) is 22.0. The summed E-state index contributed by atoms with van der Waals surface area (Å²) in [6, 6.07) is 11.3. The second-order valence-electron chi connectivity index (χ2n) is 9.33. The minimum Gasteiger partial charge on any atom is -0.382 e. The van der Waals surface area contributed by atoms with Gasteiger partial charge in [-0.2, -0.15) is 13.2 Å². The topological polar surface area (TPSA) is 88.2 Å². The number of aldehydes is 1. The van der Waals surface area contributed by atoms with Crippen molar-refractivity contribution in [3.63, 3.8) is 0 Å². The molecule has 0 aliphatic heterocycles. The number of benzene rings is 1. The molecule has 0 radical (unpaired) electrons. The Morgan fingerprint density at radius 2 is 1.89 bits per heavy atom. The molecule has 1 aliphatic rings. The fraction of sp³-hybridized carbons (Fsp3) is 0.429. The normalized spacial score (nSPS) is 17.3. The van der Waals surface area contributed by atoms with Crippen molar-refractivity contribution >= 4 is 28.6 Å². The molecule has 0 bridgehead atoms. The predicted molar refractivity (Wildman–Crippen MR) is 146 cm³/mol. The number of carbonyl (C=O) groups is 1. The molecule has 2 heterocycles. The van der Waals surface area contributed by atoms with Gasteiger partial charge in [0.25, 0.3) is 0 Å². The van der Waals surface area contributed by atoms with Crippen LogP contribution in [0.5, 0.6) is 0 Å². The summed E-state index contributed by atoms with van der Waals surface area (Å²) in [6.45, 7) is -0.891. The van der Waals surface area contributed by atoms with E-state index >= 15 is 0 Å². The van der Waals surface area contributed by atoms with Crippen LogP contribution in [-0.4, -0.2) is 66.7 Å². The van der Waals surface area contributed by atoms with E-state index < -0.39 is 12.7 Å². The average molecular weight is 529 g/mol. The minimum atomic E-state index is -4.37. The molecule has 1 aromatic carbocycles. The Morgan fingerprint density at radius 3 is 2.50 bits per heavy atom. The summed E-state index contributed by atoms with van der Waals surface area (Å²) in [4.78, 5) is 16.9. The maximum atomic E-state index is 13.4. The van der Waals surface area contributed by atoms with Gasteiger partial charge in [0.15, 0.2) is 6.29 Å². The average Bonchev–Trinajstić information content (AvgIpc) is 3.25. The van der Waals surface area contributed by atoms with E-state index in [-0.39, 0.29) is 12.6 Å². The highest BCUT2D eigenvalue weighted by atomic mass is 19.4. The molecule has 1 saturated carbocycles. The Morgan fingerprint density at radius 1 is 1.16 bits per heavy atom. The fourth-order valence-electron chi connectivity index (χ4n) is 4.68. The molecule has 1 fully saturated rings. The molecule has 2 aromatic heterocycles. The molecule has 0 spiro atoms. The lowest BCUT2D eigenvalue weighted by molar-refractivity contribution is -0.140. The largest absolute Gasteiger partial charge is 0.406 e. The summed E-state index contributed by atoms with van der Waals surface area (Å²) in [6.07, 6.45) is 2.00. The molecule has 3 aromatic rings. The second kappa shape index (κ2) is 13.3. The summed E-state index contributed by atoms with van der Waals surface area (Å²) < 4.78 is 41.6. The van der Waals surface area contributed by atoms with E-state index in [1.807, 2.05) is 6.07 Å². The SMILES string of the molecule is CN.CN(C)C1CCC(Nc2cccc3c2cc(C#CCNc2ccc(C=O)nc2)n3CC(F)(F)F)CC1. The molecule has 0 atom stereocenters. The molecule has 0 amide bonds. The van der Waals surface area contributed by atoms with E-state index in [0.717, 1.165) is 36.8 Å². The molecule has 38 heavy (non-hydrogen) atoms. The smallest absolute Gasteiger partial charge is 0.382 e. The molecule has 7 nitrogen and oxygen atoms in total. The Hall–Kier alpha value is -3.55. The maximum absolute atomic E-state index is 13.4. The zero-order chi connectivity index (χ0) is 27.7. The van der Waals surface area contributed by atoms with Crippen molar-refractivity contribution in [2.75, 3.05) is 38.3 Å². The van der Waals surface area contributed by atoms with E-state index in [2.05, 4.69) is 52.2 Å². The minimum absolute atomic E-state index is 0.218. The van der Waals surface area contributed by atoms with Crippen LogP contribution in [0.2, 0.25) is 0 Å². The number of anilines is 2. The maximum Gasteiger partial charge on any atom is 0.406 e. The van der Waals surface area contributed by atoms with Crippen LogP contribution in [0, 0.1) is 11.8 Å². The summed E-state index contributed by atoms with van der Waals surface area (Å²) in [5.41, 5.74) is 7.14.